The van der Waals surface area contributed by atoms with Crippen molar-refractivity contribution < 1.29 is 14.3 Å². The highest BCUT2D eigenvalue weighted by Crippen LogP contribution is 2.06. The maximum absolute atomic E-state index is 13.1. The molecular formula is C15H23FN2O2. The van der Waals surface area contributed by atoms with Gasteiger partial charge in [-0.05, 0) is 43.9 Å². The second kappa shape index (κ2) is 8.53. The largest absolute Gasteiger partial charge is 0.396 e. The molecule has 0 aromatic heterocycles. The molecule has 3 N–H and O–H groups in total. The summed E-state index contributed by atoms with van der Waals surface area (Å²) in [5.74, 6) is -0.270. The van der Waals surface area contributed by atoms with Gasteiger partial charge in [0.1, 0.15) is 5.82 Å². The molecule has 0 saturated heterocycles. The van der Waals surface area contributed by atoms with Crippen LogP contribution in [-0.4, -0.2) is 29.8 Å². The number of hydrogen-bond acceptors (Lipinski definition) is 2. The van der Waals surface area contributed by atoms with Crippen molar-refractivity contribution in [2.45, 2.75) is 45.2 Å². The van der Waals surface area contributed by atoms with Crippen molar-refractivity contribution in [1.29, 1.82) is 0 Å². The maximum atomic E-state index is 13.1. The van der Waals surface area contributed by atoms with Crippen LogP contribution in [0, 0.1) is 5.82 Å². The molecule has 0 bridgehead atoms. The first kappa shape index (κ1) is 16.4. The summed E-state index contributed by atoms with van der Waals surface area (Å²) in [5, 5.41) is 14.5. The Morgan fingerprint density at radius 1 is 1.40 bits per heavy atom. The molecule has 20 heavy (non-hydrogen) atoms. The quantitative estimate of drug-likeness (QED) is 0.718. The molecule has 0 aliphatic rings. The second-order valence-electron chi connectivity index (χ2n) is 4.97. The lowest BCUT2D eigenvalue weighted by molar-refractivity contribution is 0.225. The molecule has 2 unspecified atom stereocenters. The Morgan fingerprint density at radius 3 is 2.75 bits per heavy atom. The number of urea groups is 1. The molecule has 0 aliphatic heterocycles. The third-order valence-corrected chi connectivity index (χ3v) is 3.11. The van der Waals surface area contributed by atoms with E-state index in [9.17, 15) is 9.18 Å². The standard InChI is InChI=1S/C15H23FN2O2/c1-3-14(7-8-19)18-15(20)17-11(2)9-12-5-4-6-13(16)10-12/h4-6,10-11,14,19H,3,7-9H2,1-2H3,(H2,17,18,20). The zero-order valence-corrected chi connectivity index (χ0v) is 12.0. The summed E-state index contributed by atoms with van der Waals surface area (Å²) < 4.78 is 13.1. The second-order valence-corrected chi connectivity index (χ2v) is 4.97. The molecule has 112 valence electrons. The predicted molar refractivity (Wildman–Crippen MR) is 77.0 cm³/mol. The summed E-state index contributed by atoms with van der Waals surface area (Å²) in [4.78, 5) is 11.8. The molecule has 2 atom stereocenters. The van der Waals surface area contributed by atoms with Crippen molar-refractivity contribution in [1.82, 2.24) is 10.6 Å². The van der Waals surface area contributed by atoms with Crippen LogP contribution in [0.2, 0.25) is 0 Å². The van der Waals surface area contributed by atoms with Crippen LogP contribution in [0.5, 0.6) is 0 Å². The summed E-state index contributed by atoms with van der Waals surface area (Å²) in [7, 11) is 0. The molecule has 0 aliphatic carbocycles. The molecule has 0 saturated carbocycles. The average molecular weight is 282 g/mol. The fourth-order valence-electron chi connectivity index (χ4n) is 2.05. The normalized spacial score (nSPS) is 13.6. The van der Waals surface area contributed by atoms with Crippen LogP contribution in [0.15, 0.2) is 24.3 Å². The average Bonchev–Trinajstić information content (AvgIpc) is 2.37. The van der Waals surface area contributed by atoms with Gasteiger partial charge in [-0.3, -0.25) is 0 Å². The maximum Gasteiger partial charge on any atom is 0.315 e. The number of rotatable bonds is 7. The Hall–Kier alpha value is -1.62. The smallest absolute Gasteiger partial charge is 0.315 e. The minimum atomic E-state index is -0.270. The van der Waals surface area contributed by atoms with E-state index >= 15 is 0 Å². The van der Waals surface area contributed by atoms with Gasteiger partial charge in [0.15, 0.2) is 0 Å². The van der Waals surface area contributed by atoms with E-state index in [4.69, 9.17) is 5.11 Å². The monoisotopic (exact) mass is 282 g/mol. The van der Waals surface area contributed by atoms with Crippen molar-refractivity contribution in [2.75, 3.05) is 6.61 Å². The third kappa shape index (κ3) is 6.02. The first-order valence-corrected chi connectivity index (χ1v) is 6.97. The first-order valence-electron chi connectivity index (χ1n) is 6.97. The minimum Gasteiger partial charge on any atom is -0.396 e. The van der Waals surface area contributed by atoms with Gasteiger partial charge >= 0.3 is 6.03 Å². The lowest BCUT2D eigenvalue weighted by Gasteiger charge is -2.19. The SMILES string of the molecule is CCC(CCO)NC(=O)NC(C)Cc1cccc(F)c1. The van der Waals surface area contributed by atoms with Crippen LogP contribution >= 0.6 is 0 Å². The van der Waals surface area contributed by atoms with E-state index in [1.165, 1.54) is 12.1 Å². The zero-order valence-electron chi connectivity index (χ0n) is 12.0. The molecule has 0 spiro atoms. The molecule has 4 nitrogen and oxygen atoms in total. The van der Waals surface area contributed by atoms with E-state index in [-0.39, 0.29) is 30.5 Å². The van der Waals surface area contributed by atoms with Gasteiger partial charge in [-0.25, -0.2) is 9.18 Å². The highest BCUT2D eigenvalue weighted by atomic mass is 19.1. The summed E-state index contributed by atoms with van der Waals surface area (Å²) in [6, 6.07) is 5.98. The number of benzene rings is 1. The van der Waals surface area contributed by atoms with Crippen LogP contribution in [0.1, 0.15) is 32.3 Å². The van der Waals surface area contributed by atoms with Crippen LogP contribution < -0.4 is 10.6 Å². The van der Waals surface area contributed by atoms with Gasteiger partial charge < -0.3 is 15.7 Å². The van der Waals surface area contributed by atoms with Gasteiger partial charge in [0.25, 0.3) is 0 Å². The number of nitrogens with one attached hydrogen (secondary N) is 2. The summed E-state index contributed by atoms with van der Waals surface area (Å²) in [6.07, 6.45) is 1.89. The lowest BCUT2D eigenvalue weighted by atomic mass is 10.1. The van der Waals surface area contributed by atoms with Crippen LogP contribution in [0.25, 0.3) is 0 Å². The molecule has 1 aromatic rings. The van der Waals surface area contributed by atoms with Crippen molar-refractivity contribution in [3.8, 4) is 0 Å². The van der Waals surface area contributed by atoms with Crippen molar-refractivity contribution in [3.63, 3.8) is 0 Å². The molecule has 0 fully saturated rings. The van der Waals surface area contributed by atoms with Gasteiger partial charge in [-0.2, -0.15) is 0 Å². The fraction of sp³-hybridized carbons (Fsp3) is 0.533. The molecule has 0 heterocycles. The van der Waals surface area contributed by atoms with Crippen LogP contribution in [0.3, 0.4) is 0 Å². The summed E-state index contributed by atoms with van der Waals surface area (Å²) in [5.41, 5.74) is 0.847. The third-order valence-electron chi connectivity index (χ3n) is 3.11. The Kier molecular flexibility index (Phi) is 7.01. The summed E-state index contributed by atoms with van der Waals surface area (Å²) in [6.45, 7) is 3.88. The van der Waals surface area contributed by atoms with Gasteiger partial charge in [0.05, 0.1) is 0 Å². The van der Waals surface area contributed by atoms with E-state index in [1.54, 1.807) is 6.07 Å². The van der Waals surface area contributed by atoms with Crippen molar-refractivity contribution in [2.24, 2.45) is 0 Å². The Bertz CT molecular complexity index is 426. The Labute approximate surface area is 119 Å². The predicted octanol–water partition coefficient (Wildman–Crippen LogP) is 2.22. The lowest BCUT2D eigenvalue weighted by Crippen LogP contribution is -2.46. The summed E-state index contributed by atoms with van der Waals surface area (Å²) >= 11 is 0. The van der Waals surface area contributed by atoms with E-state index in [1.807, 2.05) is 19.9 Å². The highest BCUT2D eigenvalue weighted by Gasteiger charge is 2.12. The molecule has 0 radical (unpaired) electrons. The molecular weight excluding hydrogens is 259 g/mol. The van der Waals surface area contributed by atoms with Gasteiger partial charge in [-0.1, -0.05) is 19.1 Å². The number of hydrogen-bond donors (Lipinski definition) is 3. The zero-order chi connectivity index (χ0) is 15.0. The van der Waals surface area contributed by atoms with Gasteiger partial charge in [-0.15, -0.1) is 0 Å². The van der Waals surface area contributed by atoms with Crippen LogP contribution in [0.4, 0.5) is 9.18 Å². The van der Waals surface area contributed by atoms with E-state index < -0.39 is 0 Å². The van der Waals surface area contributed by atoms with E-state index in [0.29, 0.717) is 12.8 Å². The fourth-order valence-corrected chi connectivity index (χ4v) is 2.05. The number of aliphatic hydroxyl groups is 1. The number of carbonyl (C=O) groups excluding carboxylic acids is 1. The molecule has 1 aromatic carbocycles. The first-order chi connectivity index (χ1) is 9.55. The topological polar surface area (TPSA) is 61.4 Å². The van der Waals surface area contributed by atoms with Gasteiger partial charge in [0.2, 0.25) is 0 Å². The van der Waals surface area contributed by atoms with E-state index in [2.05, 4.69) is 10.6 Å². The highest BCUT2D eigenvalue weighted by molar-refractivity contribution is 5.74. The van der Waals surface area contributed by atoms with Crippen LogP contribution in [-0.2, 0) is 6.42 Å². The van der Waals surface area contributed by atoms with Gasteiger partial charge in [0, 0.05) is 18.7 Å². The minimum absolute atomic E-state index is 0.0265. The van der Waals surface area contributed by atoms with Crippen molar-refractivity contribution in [3.05, 3.63) is 35.6 Å². The number of aliphatic hydroxyl groups excluding tert-OH is 1. The number of halogens is 1. The van der Waals surface area contributed by atoms with Crippen molar-refractivity contribution >= 4 is 6.03 Å². The molecule has 5 heteroatoms. The number of amides is 2. The molecule has 2 amide bonds. The Balaban J connectivity index is 2.41. The van der Waals surface area contributed by atoms with E-state index in [0.717, 1.165) is 12.0 Å². The number of carbonyl (C=O) groups is 1. The Morgan fingerprint density at radius 2 is 2.15 bits per heavy atom. The molecule has 1 rings (SSSR count).